The Bertz CT molecular complexity index is 372. The largest absolute Gasteiger partial charge is 0.0614 e. The molecule has 0 N–H and O–H groups in total. The summed E-state index contributed by atoms with van der Waals surface area (Å²) in [5.41, 5.74) is 6.54. The van der Waals surface area contributed by atoms with E-state index in [0.717, 1.165) is 5.92 Å². The fraction of sp³-hybridized carbons (Fsp3) is 0.571. The fourth-order valence-electron chi connectivity index (χ4n) is 2.84. The van der Waals surface area contributed by atoms with E-state index in [1.165, 1.54) is 17.5 Å². The van der Waals surface area contributed by atoms with Crippen LogP contribution >= 0.6 is 0 Å². The van der Waals surface area contributed by atoms with Crippen LogP contribution in [0.15, 0.2) is 12.1 Å². The highest BCUT2D eigenvalue weighted by Crippen LogP contribution is 2.45. The van der Waals surface area contributed by atoms with E-state index < -0.39 is 0 Å². The van der Waals surface area contributed by atoms with Crippen LogP contribution in [-0.4, -0.2) is 0 Å². The first-order valence-corrected chi connectivity index (χ1v) is 5.54. The molecule has 0 aromatic heterocycles. The zero-order valence-electron chi connectivity index (χ0n) is 9.94. The average Bonchev–Trinajstić information content (AvgIpc) is 2.33. The highest BCUT2D eigenvalue weighted by Gasteiger charge is 2.38. The van der Waals surface area contributed by atoms with Crippen LogP contribution in [0.25, 0.3) is 0 Å². The van der Waals surface area contributed by atoms with Gasteiger partial charge >= 0.3 is 0 Å². The summed E-state index contributed by atoms with van der Waals surface area (Å²) in [6.45, 7) is 11.6. The Balaban J connectivity index is 2.70. The van der Waals surface area contributed by atoms with Crippen molar-refractivity contribution in [2.45, 2.75) is 46.5 Å². The van der Waals surface area contributed by atoms with E-state index in [-0.39, 0.29) is 0 Å². The zero-order valence-corrected chi connectivity index (χ0v) is 9.94. The number of rotatable bonds is 0. The van der Waals surface area contributed by atoms with Crippen molar-refractivity contribution in [3.8, 4) is 0 Å². The third-order valence-corrected chi connectivity index (χ3v) is 4.14. The van der Waals surface area contributed by atoms with Crippen LogP contribution in [0.4, 0.5) is 0 Å². The Morgan fingerprint density at radius 1 is 1.14 bits per heavy atom. The van der Waals surface area contributed by atoms with Crippen molar-refractivity contribution in [3.05, 3.63) is 34.4 Å². The molecule has 0 saturated heterocycles. The predicted octanol–water partition coefficient (Wildman–Crippen LogP) is 3.77. The summed E-state index contributed by atoms with van der Waals surface area (Å²) < 4.78 is 0. The molecule has 1 atom stereocenters. The maximum absolute atomic E-state index is 2.38. The van der Waals surface area contributed by atoms with Crippen LogP contribution in [0.3, 0.4) is 0 Å². The molecule has 0 nitrogen and oxygen atoms in total. The molecule has 1 aromatic carbocycles. The van der Waals surface area contributed by atoms with Gasteiger partial charge in [0.05, 0.1) is 0 Å². The van der Waals surface area contributed by atoms with Gasteiger partial charge in [0.2, 0.25) is 0 Å². The lowest BCUT2D eigenvalue weighted by molar-refractivity contribution is 0.378. The molecule has 1 unspecified atom stereocenters. The molecule has 0 heterocycles. The Hall–Kier alpha value is -0.780. The number of benzene rings is 1. The molecule has 1 aliphatic carbocycles. The monoisotopic (exact) mass is 188 g/mol. The van der Waals surface area contributed by atoms with E-state index in [4.69, 9.17) is 0 Å². The van der Waals surface area contributed by atoms with Crippen molar-refractivity contribution in [3.63, 3.8) is 0 Å². The summed E-state index contributed by atoms with van der Waals surface area (Å²) in [5, 5.41) is 0. The van der Waals surface area contributed by atoms with Gasteiger partial charge in [0.15, 0.2) is 0 Å². The van der Waals surface area contributed by atoms with E-state index in [2.05, 4.69) is 46.8 Å². The Kier molecular flexibility index (Phi) is 1.99. The van der Waals surface area contributed by atoms with Gasteiger partial charge in [-0.05, 0) is 53.9 Å². The lowest BCUT2D eigenvalue weighted by Gasteiger charge is -2.26. The summed E-state index contributed by atoms with van der Waals surface area (Å²) in [4.78, 5) is 0. The molecule has 0 heteroatoms. The maximum Gasteiger partial charge on any atom is -0.00693 e. The Morgan fingerprint density at radius 3 is 2.29 bits per heavy atom. The van der Waals surface area contributed by atoms with E-state index >= 15 is 0 Å². The highest BCUT2D eigenvalue weighted by atomic mass is 14.4. The van der Waals surface area contributed by atoms with Crippen LogP contribution in [0.5, 0.6) is 0 Å². The molecule has 0 aliphatic heterocycles. The molecule has 0 spiro atoms. The first-order chi connectivity index (χ1) is 6.44. The van der Waals surface area contributed by atoms with Crippen molar-refractivity contribution in [2.75, 3.05) is 0 Å². The van der Waals surface area contributed by atoms with Crippen LogP contribution in [0.1, 0.15) is 43.0 Å². The zero-order chi connectivity index (χ0) is 10.5. The van der Waals surface area contributed by atoms with Crippen LogP contribution in [0.2, 0.25) is 0 Å². The molecular formula is C14H20. The van der Waals surface area contributed by atoms with Gasteiger partial charge in [-0.1, -0.05) is 32.9 Å². The predicted molar refractivity (Wildman–Crippen MR) is 61.8 cm³/mol. The van der Waals surface area contributed by atoms with Gasteiger partial charge in [-0.25, -0.2) is 0 Å². The second kappa shape index (κ2) is 2.85. The van der Waals surface area contributed by atoms with Gasteiger partial charge in [0, 0.05) is 0 Å². The van der Waals surface area contributed by atoms with Gasteiger partial charge < -0.3 is 0 Å². The molecular weight excluding hydrogens is 168 g/mol. The highest BCUT2D eigenvalue weighted by molar-refractivity contribution is 5.48. The summed E-state index contributed by atoms with van der Waals surface area (Å²) in [6, 6.07) is 4.54. The molecule has 1 aromatic rings. The summed E-state index contributed by atoms with van der Waals surface area (Å²) in [7, 11) is 0. The minimum absolute atomic E-state index is 0.367. The average molecular weight is 188 g/mol. The van der Waals surface area contributed by atoms with Crippen molar-refractivity contribution in [1.29, 1.82) is 0 Å². The SMILES string of the molecule is Cc1ccc(C)c2c1CC(C)C2(C)C. The van der Waals surface area contributed by atoms with Crippen LogP contribution in [0, 0.1) is 19.8 Å². The third-order valence-electron chi connectivity index (χ3n) is 4.14. The summed E-state index contributed by atoms with van der Waals surface area (Å²) in [5.74, 6) is 0.775. The smallest absolute Gasteiger partial charge is 0.00693 e. The van der Waals surface area contributed by atoms with Crippen LogP contribution in [-0.2, 0) is 11.8 Å². The van der Waals surface area contributed by atoms with Gasteiger partial charge in [0.25, 0.3) is 0 Å². The Labute approximate surface area is 87.3 Å². The van der Waals surface area contributed by atoms with Gasteiger partial charge in [-0.3, -0.25) is 0 Å². The number of hydrogen-bond acceptors (Lipinski definition) is 0. The lowest BCUT2D eigenvalue weighted by Crippen LogP contribution is -2.22. The van der Waals surface area contributed by atoms with Crippen LogP contribution < -0.4 is 0 Å². The van der Waals surface area contributed by atoms with E-state index in [0.29, 0.717) is 5.41 Å². The van der Waals surface area contributed by atoms with E-state index in [1.807, 2.05) is 0 Å². The number of fused-ring (bicyclic) bond motifs is 1. The molecule has 0 amide bonds. The molecule has 0 radical (unpaired) electrons. The molecule has 0 fully saturated rings. The topological polar surface area (TPSA) is 0 Å². The Morgan fingerprint density at radius 2 is 1.71 bits per heavy atom. The third kappa shape index (κ3) is 1.13. The minimum Gasteiger partial charge on any atom is -0.0614 e. The van der Waals surface area contributed by atoms with E-state index in [9.17, 15) is 0 Å². The first-order valence-electron chi connectivity index (χ1n) is 5.54. The quantitative estimate of drug-likeness (QED) is 0.581. The summed E-state index contributed by atoms with van der Waals surface area (Å²) in [6.07, 6.45) is 1.26. The van der Waals surface area contributed by atoms with Gasteiger partial charge in [0.1, 0.15) is 0 Å². The maximum atomic E-state index is 2.38. The normalized spacial score (nSPS) is 23.6. The van der Waals surface area contributed by atoms with E-state index in [1.54, 1.807) is 11.1 Å². The fourth-order valence-corrected chi connectivity index (χ4v) is 2.84. The van der Waals surface area contributed by atoms with Crippen molar-refractivity contribution >= 4 is 0 Å². The number of hydrogen-bond donors (Lipinski definition) is 0. The molecule has 14 heavy (non-hydrogen) atoms. The van der Waals surface area contributed by atoms with Gasteiger partial charge in [-0.2, -0.15) is 0 Å². The standard InChI is InChI=1S/C14H20/c1-9-6-7-10(2)13-12(9)8-11(3)14(13,4)5/h6-7,11H,8H2,1-5H3. The van der Waals surface area contributed by atoms with Gasteiger partial charge in [-0.15, -0.1) is 0 Å². The molecule has 0 bridgehead atoms. The molecule has 0 saturated carbocycles. The molecule has 76 valence electrons. The van der Waals surface area contributed by atoms with Crippen molar-refractivity contribution in [2.24, 2.45) is 5.92 Å². The second-order valence-corrected chi connectivity index (χ2v) is 5.38. The first kappa shape index (κ1) is 9.76. The molecule has 2 rings (SSSR count). The minimum atomic E-state index is 0.367. The van der Waals surface area contributed by atoms with Crippen molar-refractivity contribution < 1.29 is 0 Å². The number of aryl methyl sites for hydroxylation is 2. The second-order valence-electron chi connectivity index (χ2n) is 5.38. The molecule has 1 aliphatic rings. The summed E-state index contributed by atoms with van der Waals surface area (Å²) >= 11 is 0. The van der Waals surface area contributed by atoms with Crippen molar-refractivity contribution in [1.82, 2.24) is 0 Å². The lowest BCUT2D eigenvalue weighted by atomic mass is 9.78.